The Morgan fingerprint density at radius 1 is 1.09 bits per heavy atom. The van der Waals surface area contributed by atoms with Crippen LogP contribution in [0.15, 0.2) is 24.3 Å². The van der Waals surface area contributed by atoms with Crippen molar-refractivity contribution in [3.8, 4) is 5.75 Å². The second-order valence-corrected chi connectivity index (χ2v) is 10.5. The van der Waals surface area contributed by atoms with Gasteiger partial charge < -0.3 is 20.4 Å². The molecule has 0 unspecified atom stereocenters. The highest BCUT2D eigenvalue weighted by Gasteiger charge is 2.31. The van der Waals surface area contributed by atoms with E-state index in [9.17, 15) is 15.0 Å². The first-order valence-corrected chi connectivity index (χ1v) is 12.8. The average Bonchev–Trinajstić information content (AvgIpc) is 3.23. The largest absolute Gasteiger partial charge is 0.507 e. The predicted molar refractivity (Wildman–Crippen MR) is 140 cm³/mol. The zero-order valence-corrected chi connectivity index (χ0v) is 21.6. The molecule has 0 saturated heterocycles. The second-order valence-electron chi connectivity index (χ2n) is 10.5. The van der Waals surface area contributed by atoms with Gasteiger partial charge in [0.15, 0.2) is 0 Å². The Kier molecular flexibility index (Phi) is 8.64. The van der Waals surface area contributed by atoms with E-state index in [1.165, 1.54) is 59.7 Å². The van der Waals surface area contributed by atoms with Gasteiger partial charge in [-0.2, -0.15) is 0 Å². The molecule has 5 nitrogen and oxygen atoms in total. The first kappa shape index (κ1) is 26.1. The summed E-state index contributed by atoms with van der Waals surface area (Å²) < 4.78 is 0. The minimum Gasteiger partial charge on any atom is -0.507 e. The van der Waals surface area contributed by atoms with Gasteiger partial charge in [-0.1, -0.05) is 52.2 Å². The molecule has 2 aromatic carbocycles. The summed E-state index contributed by atoms with van der Waals surface area (Å²) in [6.07, 6.45) is 6.81. The van der Waals surface area contributed by atoms with Gasteiger partial charge in [-0.25, -0.2) is 0 Å². The van der Waals surface area contributed by atoms with Crippen LogP contribution in [0.4, 0.5) is 5.69 Å². The fourth-order valence-electron chi connectivity index (χ4n) is 5.26. The monoisotopic (exact) mass is 466 g/mol. The zero-order chi connectivity index (χ0) is 24.9. The van der Waals surface area contributed by atoms with Crippen LogP contribution in [0.3, 0.4) is 0 Å². The van der Waals surface area contributed by atoms with Crippen molar-refractivity contribution in [3.05, 3.63) is 57.6 Å². The van der Waals surface area contributed by atoms with Crippen LogP contribution in [-0.4, -0.2) is 35.8 Å². The van der Waals surface area contributed by atoms with Gasteiger partial charge in [0, 0.05) is 25.3 Å². The zero-order valence-electron chi connectivity index (χ0n) is 21.6. The fraction of sp³-hybridized carbons (Fsp3) is 0.552. The number of anilines is 1. The lowest BCUT2D eigenvalue weighted by Crippen LogP contribution is -2.36. The standard InChI is InChI=1S/C29H42N2O3/c1-6-7-8-11-15-31-16-14-22-20(2)25(18-32)21(3)24(27(22)31)17-29(4,5)19-30-28(34)23-12-9-10-13-26(23)33/h9-10,12-13,32-33H,6-8,11,14-19H2,1-5H3,(H,30,34). The van der Waals surface area contributed by atoms with Crippen molar-refractivity contribution in [3.63, 3.8) is 0 Å². The van der Waals surface area contributed by atoms with Crippen LogP contribution in [-0.2, 0) is 19.4 Å². The number of carbonyl (C=O) groups excluding carboxylic acids is 1. The predicted octanol–water partition coefficient (Wildman–Crippen LogP) is 5.44. The molecular formula is C29H42N2O3. The summed E-state index contributed by atoms with van der Waals surface area (Å²) in [5.74, 6) is -0.262. The van der Waals surface area contributed by atoms with Crippen molar-refractivity contribution in [2.75, 3.05) is 24.5 Å². The number of nitrogens with one attached hydrogen (secondary N) is 1. The summed E-state index contributed by atoms with van der Waals surface area (Å²) in [6.45, 7) is 13.5. The Bertz CT molecular complexity index is 1010. The Morgan fingerprint density at radius 3 is 2.50 bits per heavy atom. The number of unbranched alkanes of at least 4 members (excludes halogenated alkanes) is 3. The van der Waals surface area contributed by atoms with E-state index >= 15 is 0 Å². The number of para-hydroxylation sites is 1. The molecule has 3 rings (SSSR count). The van der Waals surface area contributed by atoms with Gasteiger partial charge in [-0.15, -0.1) is 0 Å². The molecule has 3 N–H and O–H groups in total. The number of benzene rings is 2. The number of aliphatic hydroxyl groups excluding tert-OH is 1. The van der Waals surface area contributed by atoms with Crippen molar-refractivity contribution < 1.29 is 15.0 Å². The fourth-order valence-corrected chi connectivity index (χ4v) is 5.26. The maximum atomic E-state index is 12.7. The average molecular weight is 467 g/mol. The quantitative estimate of drug-likeness (QED) is 0.386. The van der Waals surface area contributed by atoms with Gasteiger partial charge in [0.25, 0.3) is 5.91 Å². The van der Waals surface area contributed by atoms with Crippen molar-refractivity contribution in [2.45, 2.75) is 79.8 Å². The highest BCUT2D eigenvalue weighted by molar-refractivity contribution is 5.96. The van der Waals surface area contributed by atoms with Crippen LogP contribution in [0.1, 0.15) is 84.6 Å². The number of phenolic OH excluding ortho intramolecular Hbond substituents is 1. The van der Waals surface area contributed by atoms with Crippen LogP contribution in [0.5, 0.6) is 5.75 Å². The molecule has 1 aliphatic rings. The van der Waals surface area contributed by atoms with Crippen LogP contribution in [0.2, 0.25) is 0 Å². The van der Waals surface area contributed by atoms with Crippen LogP contribution in [0.25, 0.3) is 0 Å². The second kappa shape index (κ2) is 11.3. The molecule has 0 aromatic heterocycles. The minimum atomic E-state index is -0.259. The number of carbonyl (C=O) groups is 1. The van der Waals surface area contributed by atoms with Gasteiger partial charge in [0.2, 0.25) is 0 Å². The smallest absolute Gasteiger partial charge is 0.255 e. The van der Waals surface area contributed by atoms with Gasteiger partial charge in [0.1, 0.15) is 5.75 Å². The van der Waals surface area contributed by atoms with Gasteiger partial charge >= 0.3 is 0 Å². The van der Waals surface area contributed by atoms with E-state index in [0.717, 1.165) is 31.5 Å². The van der Waals surface area contributed by atoms with E-state index < -0.39 is 0 Å². The number of amides is 1. The third-order valence-corrected chi connectivity index (χ3v) is 7.30. The summed E-state index contributed by atoms with van der Waals surface area (Å²) in [4.78, 5) is 15.2. The maximum absolute atomic E-state index is 12.7. The maximum Gasteiger partial charge on any atom is 0.255 e. The Labute approximate surface area is 205 Å². The number of hydrogen-bond donors (Lipinski definition) is 3. The molecule has 0 saturated carbocycles. The van der Waals surface area contributed by atoms with Gasteiger partial charge in [-0.05, 0) is 78.5 Å². The molecule has 0 aliphatic carbocycles. The first-order valence-electron chi connectivity index (χ1n) is 12.8. The lowest BCUT2D eigenvalue weighted by atomic mass is 9.80. The molecule has 5 heteroatoms. The molecule has 1 amide bonds. The first-order chi connectivity index (χ1) is 16.2. The van der Waals surface area contributed by atoms with Crippen molar-refractivity contribution in [2.24, 2.45) is 5.41 Å². The van der Waals surface area contributed by atoms with Crippen molar-refractivity contribution in [1.82, 2.24) is 5.32 Å². The van der Waals surface area contributed by atoms with E-state index in [-0.39, 0.29) is 23.7 Å². The summed E-state index contributed by atoms with van der Waals surface area (Å²) in [5.41, 5.74) is 7.62. The summed E-state index contributed by atoms with van der Waals surface area (Å²) in [5, 5.41) is 23.2. The molecule has 0 fully saturated rings. The van der Waals surface area contributed by atoms with E-state index in [1.54, 1.807) is 18.2 Å². The van der Waals surface area contributed by atoms with E-state index in [1.807, 2.05) is 0 Å². The van der Waals surface area contributed by atoms with Gasteiger partial charge in [0.05, 0.1) is 12.2 Å². The number of rotatable bonds is 11. The Morgan fingerprint density at radius 2 is 1.82 bits per heavy atom. The number of fused-ring (bicyclic) bond motifs is 1. The third kappa shape index (κ3) is 5.75. The van der Waals surface area contributed by atoms with Crippen LogP contribution < -0.4 is 10.2 Å². The molecule has 186 valence electrons. The third-order valence-electron chi connectivity index (χ3n) is 7.30. The summed E-state index contributed by atoms with van der Waals surface area (Å²) >= 11 is 0. The van der Waals surface area contributed by atoms with E-state index in [4.69, 9.17) is 0 Å². The summed E-state index contributed by atoms with van der Waals surface area (Å²) in [6, 6.07) is 6.64. The molecule has 0 spiro atoms. The topological polar surface area (TPSA) is 72.8 Å². The van der Waals surface area contributed by atoms with Crippen LogP contribution >= 0.6 is 0 Å². The highest BCUT2D eigenvalue weighted by atomic mass is 16.3. The number of nitrogens with zero attached hydrogens (tertiary/aromatic N) is 1. The lowest BCUT2D eigenvalue weighted by Gasteiger charge is -2.31. The lowest BCUT2D eigenvalue weighted by molar-refractivity contribution is 0.0933. The molecule has 0 atom stereocenters. The normalized spacial score (nSPS) is 13.3. The van der Waals surface area contributed by atoms with E-state index in [2.05, 4.69) is 44.8 Å². The Balaban J connectivity index is 1.84. The molecule has 1 aliphatic heterocycles. The molecule has 0 bridgehead atoms. The summed E-state index contributed by atoms with van der Waals surface area (Å²) in [7, 11) is 0. The van der Waals surface area contributed by atoms with Crippen molar-refractivity contribution in [1.29, 1.82) is 0 Å². The van der Waals surface area contributed by atoms with E-state index in [0.29, 0.717) is 12.1 Å². The van der Waals surface area contributed by atoms with Crippen molar-refractivity contribution >= 4 is 11.6 Å². The SMILES string of the molecule is CCCCCCN1CCc2c(C)c(CO)c(C)c(CC(C)(C)CNC(=O)c3ccccc3O)c21. The Hall–Kier alpha value is -2.53. The molecule has 34 heavy (non-hydrogen) atoms. The number of aromatic hydroxyl groups is 1. The highest BCUT2D eigenvalue weighted by Crippen LogP contribution is 2.41. The minimum absolute atomic E-state index is 0.00342. The van der Waals surface area contributed by atoms with Gasteiger partial charge in [-0.3, -0.25) is 4.79 Å². The molecule has 2 aromatic rings. The number of aliphatic hydroxyl groups is 1. The molecular weight excluding hydrogens is 424 g/mol. The van der Waals surface area contributed by atoms with Crippen LogP contribution in [0, 0.1) is 19.3 Å². The molecule has 0 radical (unpaired) electrons. The molecule has 1 heterocycles. The number of hydrogen-bond acceptors (Lipinski definition) is 4. The number of phenols is 1.